The Hall–Kier alpha value is -2.16. The van der Waals surface area contributed by atoms with E-state index in [4.69, 9.17) is 4.74 Å². The van der Waals surface area contributed by atoms with E-state index in [0.29, 0.717) is 18.8 Å². The summed E-state index contributed by atoms with van der Waals surface area (Å²) in [6.45, 7) is 6.25. The molecular weight excluding hydrogens is 428 g/mol. The molecule has 164 valence electrons. The molecule has 6 nitrogen and oxygen atoms in total. The minimum absolute atomic E-state index is 0.105. The number of thiophene rings is 1. The van der Waals surface area contributed by atoms with Gasteiger partial charge in [-0.1, -0.05) is 48.2 Å². The van der Waals surface area contributed by atoms with Gasteiger partial charge < -0.3 is 9.64 Å². The van der Waals surface area contributed by atoms with Crippen molar-refractivity contribution in [3.8, 4) is 10.7 Å². The molecule has 1 aliphatic heterocycles. The molecule has 1 aliphatic rings. The average Bonchev–Trinajstić information content (AvgIpc) is 3.53. The highest BCUT2D eigenvalue weighted by Crippen LogP contribution is 2.29. The van der Waals surface area contributed by atoms with Crippen LogP contribution in [0.15, 0.2) is 53.0 Å². The predicted molar refractivity (Wildman–Crippen MR) is 125 cm³/mol. The van der Waals surface area contributed by atoms with Crippen LogP contribution in [0.25, 0.3) is 10.7 Å². The Morgan fingerprint density at radius 3 is 2.77 bits per heavy atom. The number of aromatic nitrogens is 3. The molecule has 1 atom stereocenters. The van der Waals surface area contributed by atoms with Gasteiger partial charge in [-0.25, -0.2) is 0 Å². The van der Waals surface area contributed by atoms with Crippen LogP contribution in [-0.4, -0.2) is 50.1 Å². The smallest absolute Gasteiger partial charge is 0.233 e. The molecule has 0 aliphatic carbocycles. The molecule has 0 radical (unpaired) electrons. The van der Waals surface area contributed by atoms with Crippen LogP contribution in [-0.2, 0) is 22.6 Å². The van der Waals surface area contributed by atoms with Gasteiger partial charge in [-0.2, -0.15) is 0 Å². The van der Waals surface area contributed by atoms with E-state index in [-0.39, 0.29) is 18.1 Å². The highest BCUT2D eigenvalue weighted by Gasteiger charge is 2.24. The van der Waals surface area contributed by atoms with Gasteiger partial charge >= 0.3 is 0 Å². The topological polar surface area (TPSA) is 60.2 Å². The fraction of sp³-hybridized carbons (Fsp3) is 0.435. The second-order valence-electron chi connectivity index (χ2n) is 7.92. The van der Waals surface area contributed by atoms with Gasteiger partial charge in [0.1, 0.15) is 0 Å². The Morgan fingerprint density at radius 2 is 2.10 bits per heavy atom. The zero-order valence-corrected chi connectivity index (χ0v) is 19.6. The summed E-state index contributed by atoms with van der Waals surface area (Å²) in [6.07, 6.45) is 2.31. The molecule has 0 saturated carbocycles. The summed E-state index contributed by atoms with van der Waals surface area (Å²) in [6, 6.07) is 14.3. The third kappa shape index (κ3) is 5.56. The van der Waals surface area contributed by atoms with Crippen molar-refractivity contribution in [1.29, 1.82) is 0 Å². The predicted octanol–water partition coefficient (Wildman–Crippen LogP) is 4.71. The van der Waals surface area contributed by atoms with E-state index < -0.39 is 0 Å². The normalized spacial score (nSPS) is 16.2. The Bertz CT molecular complexity index is 967. The third-order valence-electron chi connectivity index (χ3n) is 5.33. The van der Waals surface area contributed by atoms with Gasteiger partial charge in [0.15, 0.2) is 11.0 Å². The average molecular weight is 457 g/mol. The molecule has 1 fully saturated rings. The fourth-order valence-electron chi connectivity index (χ4n) is 3.69. The maximum Gasteiger partial charge on any atom is 0.233 e. The number of amides is 1. The molecule has 3 aromatic rings. The number of carbonyl (C=O) groups excluding carboxylic acids is 1. The summed E-state index contributed by atoms with van der Waals surface area (Å²) in [7, 11) is 0. The van der Waals surface area contributed by atoms with E-state index >= 15 is 0 Å². The van der Waals surface area contributed by atoms with E-state index in [1.54, 1.807) is 11.3 Å². The van der Waals surface area contributed by atoms with Crippen molar-refractivity contribution in [3.05, 3.63) is 53.4 Å². The first kappa shape index (κ1) is 22.0. The molecular formula is C23H28N4O2S2. The van der Waals surface area contributed by atoms with E-state index in [1.165, 1.54) is 11.8 Å². The van der Waals surface area contributed by atoms with Crippen molar-refractivity contribution < 1.29 is 9.53 Å². The van der Waals surface area contributed by atoms with Gasteiger partial charge in [-0.3, -0.25) is 9.36 Å². The molecule has 2 aromatic heterocycles. The zero-order valence-electron chi connectivity index (χ0n) is 17.9. The Balaban J connectivity index is 1.48. The van der Waals surface area contributed by atoms with Gasteiger partial charge in [-0.05, 0) is 43.7 Å². The van der Waals surface area contributed by atoms with Crippen LogP contribution in [0.4, 0.5) is 0 Å². The van der Waals surface area contributed by atoms with Crippen molar-refractivity contribution in [1.82, 2.24) is 19.7 Å². The van der Waals surface area contributed by atoms with Crippen LogP contribution >= 0.6 is 23.1 Å². The Morgan fingerprint density at radius 1 is 1.26 bits per heavy atom. The second kappa shape index (κ2) is 10.4. The summed E-state index contributed by atoms with van der Waals surface area (Å²) in [4.78, 5) is 16.1. The van der Waals surface area contributed by atoms with Crippen LogP contribution in [0.3, 0.4) is 0 Å². The minimum atomic E-state index is 0.105. The monoisotopic (exact) mass is 456 g/mol. The lowest BCUT2D eigenvalue weighted by atomic mass is 10.2. The number of hydrogen-bond acceptors (Lipinski definition) is 6. The highest BCUT2D eigenvalue weighted by molar-refractivity contribution is 7.99. The lowest BCUT2D eigenvalue weighted by Crippen LogP contribution is -2.37. The maximum atomic E-state index is 13.1. The number of ether oxygens (including phenoxy) is 1. The lowest BCUT2D eigenvalue weighted by Gasteiger charge is -2.27. The standard InChI is InChI=1S/C23H28N4O2S2/c1-17(2)26(14-18-8-4-3-5-9-18)21(28)16-31-23-25-24-22(20-11-7-13-30-20)27(23)15-19-10-6-12-29-19/h3-5,7-9,11,13,17,19H,6,10,12,14-16H2,1-2H3. The third-order valence-corrected chi connectivity index (χ3v) is 7.15. The molecule has 4 rings (SSSR count). The van der Waals surface area contributed by atoms with Crippen molar-refractivity contribution in [2.45, 2.75) is 57.1 Å². The maximum absolute atomic E-state index is 13.1. The van der Waals surface area contributed by atoms with Crippen LogP contribution < -0.4 is 0 Å². The SMILES string of the molecule is CC(C)N(Cc1ccccc1)C(=O)CSc1nnc(-c2cccs2)n1CC1CCCO1. The molecule has 0 bridgehead atoms. The van der Waals surface area contributed by atoms with E-state index in [9.17, 15) is 4.79 Å². The van der Waals surface area contributed by atoms with Crippen LogP contribution in [0, 0.1) is 0 Å². The second-order valence-corrected chi connectivity index (χ2v) is 9.81. The first-order chi connectivity index (χ1) is 15.1. The number of carbonyl (C=O) groups is 1. The van der Waals surface area contributed by atoms with Crippen LogP contribution in [0.2, 0.25) is 0 Å². The number of thioether (sulfide) groups is 1. The molecule has 1 aromatic carbocycles. The summed E-state index contributed by atoms with van der Waals surface area (Å²) < 4.78 is 7.98. The Labute approximate surface area is 191 Å². The zero-order chi connectivity index (χ0) is 21.6. The van der Waals surface area contributed by atoms with Gasteiger partial charge in [0.05, 0.1) is 23.3 Å². The van der Waals surface area contributed by atoms with Crippen molar-refractivity contribution in [2.24, 2.45) is 0 Å². The van der Waals surface area contributed by atoms with Crippen LogP contribution in [0.1, 0.15) is 32.3 Å². The fourth-order valence-corrected chi connectivity index (χ4v) is 5.24. The van der Waals surface area contributed by atoms with Crippen molar-refractivity contribution in [2.75, 3.05) is 12.4 Å². The molecule has 0 N–H and O–H groups in total. The first-order valence-electron chi connectivity index (χ1n) is 10.7. The molecule has 1 unspecified atom stereocenters. The lowest BCUT2D eigenvalue weighted by molar-refractivity contribution is -0.130. The molecule has 0 spiro atoms. The van der Waals surface area contributed by atoms with Gasteiger partial charge in [0, 0.05) is 19.2 Å². The number of rotatable bonds is 9. The van der Waals surface area contributed by atoms with Crippen LogP contribution in [0.5, 0.6) is 0 Å². The molecule has 8 heteroatoms. The molecule has 1 amide bonds. The number of benzene rings is 1. The number of nitrogens with zero attached hydrogens (tertiary/aromatic N) is 4. The highest BCUT2D eigenvalue weighted by atomic mass is 32.2. The summed E-state index contributed by atoms with van der Waals surface area (Å²) in [5.74, 6) is 1.29. The van der Waals surface area contributed by atoms with E-state index in [0.717, 1.165) is 40.9 Å². The molecule has 31 heavy (non-hydrogen) atoms. The van der Waals surface area contributed by atoms with Gasteiger partial charge in [0.2, 0.25) is 5.91 Å². The van der Waals surface area contributed by atoms with Crippen molar-refractivity contribution >= 4 is 29.0 Å². The summed E-state index contributed by atoms with van der Waals surface area (Å²) in [5, 5.41) is 11.7. The van der Waals surface area contributed by atoms with E-state index in [2.05, 4.69) is 46.8 Å². The quantitative estimate of drug-likeness (QED) is 0.436. The van der Waals surface area contributed by atoms with Gasteiger partial charge in [0.25, 0.3) is 0 Å². The van der Waals surface area contributed by atoms with E-state index in [1.807, 2.05) is 34.5 Å². The first-order valence-corrected chi connectivity index (χ1v) is 12.5. The minimum Gasteiger partial charge on any atom is -0.376 e. The van der Waals surface area contributed by atoms with Crippen molar-refractivity contribution in [3.63, 3.8) is 0 Å². The summed E-state index contributed by atoms with van der Waals surface area (Å²) in [5.41, 5.74) is 1.14. The molecule has 1 saturated heterocycles. The largest absolute Gasteiger partial charge is 0.376 e. The Kier molecular flexibility index (Phi) is 7.42. The summed E-state index contributed by atoms with van der Waals surface area (Å²) >= 11 is 3.11. The molecule has 3 heterocycles. The van der Waals surface area contributed by atoms with Gasteiger partial charge in [-0.15, -0.1) is 21.5 Å². The number of hydrogen-bond donors (Lipinski definition) is 0.